The molecule has 0 unspecified atom stereocenters. The molecule has 264 valence electrons. The fraction of sp³-hybridized carbons (Fsp3) is 0.0750. The number of phenolic OH excluding ortho intramolecular Hbond substituents is 2. The fourth-order valence-corrected chi connectivity index (χ4v) is 10.3. The van der Waals surface area contributed by atoms with Crippen molar-refractivity contribution in [2.45, 2.75) is 6.92 Å². The van der Waals surface area contributed by atoms with Crippen LogP contribution in [0.2, 0.25) is 0 Å². The average molecular weight is 790 g/mol. The first-order valence-corrected chi connectivity index (χ1v) is 18.8. The molecule has 6 rings (SSSR count). The Morgan fingerprint density at radius 1 is 0.451 bits per heavy atom. The molecule has 0 atom stereocenters. The zero-order chi connectivity index (χ0) is 36.1. The van der Waals surface area contributed by atoms with E-state index in [-0.39, 0.29) is 28.5 Å². The van der Waals surface area contributed by atoms with Crippen molar-refractivity contribution in [1.82, 2.24) is 0 Å². The monoisotopic (exact) mass is 788 g/mol. The number of aliphatic carboxylic acids is 1. The lowest BCUT2D eigenvalue weighted by atomic mass is 10.3. The van der Waals surface area contributed by atoms with Crippen LogP contribution in [0.1, 0.15) is 6.92 Å². The molecule has 0 spiro atoms. The van der Waals surface area contributed by atoms with Crippen LogP contribution in [0.5, 0.6) is 23.0 Å². The van der Waals surface area contributed by atoms with Crippen LogP contribution in [-0.4, -0.2) is 35.5 Å². The van der Waals surface area contributed by atoms with Crippen LogP contribution in [0.15, 0.2) is 158 Å². The first kappa shape index (κ1) is 40.4. The number of aromatic hydroxyl groups is 2. The summed E-state index contributed by atoms with van der Waals surface area (Å²) in [5.41, 5.74) is 0. The third kappa shape index (κ3) is 10.0. The van der Waals surface area contributed by atoms with Crippen LogP contribution in [0.4, 0.5) is 0 Å². The molecule has 8 nitrogen and oxygen atoms in total. The molecule has 0 amide bonds. The summed E-state index contributed by atoms with van der Waals surface area (Å²) < 4.78 is 38.4. The molecule has 0 aliphatic rings. The van der Waals surface area contributed by atoms with E-state index in [0.29, 0.717) is 15.9 Å². The lowest BCUT2D eigenvalue weighted by molar-refractivity contribution is -0.134. The number of benzene rings is 6. The zero-order valence-corrected chi connectivity index (χ0v) is 31.7. The Hall–Kier alpha value is -5.07. The Labute approximate surface area is 308 Å². The van der Waals surface area contributed by atoms with Gasteiger partial charge in [-0.2, -0.15) is 0 Å². The van der Waals surface area contributed by atoms with Crippen molar-refractivity contribution < 1.29 is 38.7 Å². The number of rotatable bonds is 8. The Morgan fingerprint density at radius 2 is 0.667 bits per heavy atom. The smallest absolute Gasteiger partial charge is 0.300 e. The molecule has 0 bridgehead atoms. The second-order valence-electron chi connectivity index (χ2n) is 10.8. The number of carboxylic acids is 1. The minimum Gasteiger partial charge on any atom is -0.508 e. The van der Waals surface area contributed by atoms with Crippen LogP contribution in [0.3, 0.4) is 0 Å². The molecule has 3 N–H and O–H groups in total. The van der Waals surface area contributed by atoms with E-state index in [1.807, 2.05) is 109 Å². The van der Waals surface area contributed by atoms with Crippen molar-refractivity contribution >= 4 is 69.1 Å². The molecule has 0 aromatic heterocycles. The Kier molecular flexibility index (Phi) is 14.9. The van der Waals surface area contributed by atoms with E-state index in [9.17, 15) is 19.3 Å². The number of methoxy groups -OCH3 is 2. The van der Waals surface area contributed by atoms with Crippen LogP contribution in [0, 0.1) is 0 Å². The van der Waals surface area contributed by atoms with Gasteiger partial charge in [-0.1, -0.05) is 60.7 Å². The fourth-order valence-electron chi connectivity index (χ4n) is 5.08. The summed E-state index contributed by atoms with van der Waals surface area (Å²) in [6, 6.07) is 46.5. The van der Waals surface area contributed by atoms with Gasteiger partial charge in [0.05, 0.1) is 14.2 Å². The maximum atomic E-state index is 14.1. The number of ether oxygens (including phenoxy) is 2. The Balaban J connectivity index is 0.000000246. The number of hydrogen-bond donors (Lipinski definition) is 3. The zero-order valence-electron chi connectivity index (χ0n) is 28.2. The molecule has 0 aliphatic heterocycles. The molecular formula is C40H39BrO8P2. The van der Waals surface area contributed by atoms with E-state index in [2.05, 4.69) is 0 Å². The normalized spacial score (nSPS) is 10.6. The summed E-state index contributed by atoms with van der Waals surface area (Å²) in [5.74, 6) is 0.921. The quantitative estimate of drug-likeness (QED) is 0.145. The molecule has 0 saturated carbocycles. The lowest BCUT2D eigenvalue weighted by Gasteiger charge is -2.20. The highest BCUT2D eigenvalue weighted by molar-refractivity contribution is 8.93. The summed E-state index contributed by atoms with van der Waals surface area (Å²) in [5, 5.41) is 30.7. The van der Waals surface area contributed by atoms with Crippen molar-refractivity contribution in [1.29, 1.82) is 0 Å². The molecule has 0 fully saturated rings. The van der Waals surface area contributed by atoms with Gasteiger partial charge in [0, 0.05) is 38.8 Å². The number of carboxylic acid groups (broad SMARTS) is 1. The van der Waals surface area contributed by atoms with Crippen molar-refractivity contribution in [2.24, 2.45) is 0 Å². The topological polar surface area (TPSA) is 130 Å². The van der Waals surface area contributed by atoms with Gasteiger partial charge in [0.25, 0.3) is 5.97 Å². The van der Waals surface area contributed by atoms with E-state index in [4.69, 9.17) is 19.4 Å². The van der Waals surface area contributed by atoms with Crippen molar-refractivity contribution in [3.05, 3.63) is 158 Å². The molecule has 0 saturated heterocycles. The summed E-state index contributed by atoms with van der Waals surface area (Å²) in [7, 11) is -2.75. The van der Waals surface area contributed by atoms with Gasteiger partial charge in [-0.3, -0.25) is 4.79 Å². The highest BCUT2D eigenvalue weighted by Crippen LogP contribution is 2.44. The number of hydrogen-bond acceptors (Lipinski definition) is 7. The van der Waals surface area contributed by atoms with Gasteiger partial charge >= 0.3 is 0 Å². The maximum absolute atomic E-state index is 14.1. The molecule has 6 aromatic carbocycles. The van der Waals surface area contributed by atoms with Gasteiger partial charge in [0.2, 0.25) is 0 Å². The highest BCUT2D eigenvalue weighted by atomic mass is 79.9. The summed E-state index contributed by atoms with van der Waals surface area (Å²) in [6.45, 7) is 1.08. The van der Waals surface area contributed by atoms with Gasteiger partial charge < -0.3 is 33.9 Å². The van der Waals surface area contributed by atoms with Crippen LogP contribution < -0.4 is 41.3 Å². The number of phenols is 2. The first-order chi connectivity index (χ1) is 24.0. The van der Waals surface area contributed by atoms with E-state index in [1.54, 1.807) is 38.5 Å². The number of halogens is 1. The van der Waals surface area contributed by atoms with Crippen molar-refractivity contribution in [3.63, 3.8) is 0 Å². The third-order valence-corrected chi connectivity index (χ3v) is 13.7. The summed E-state index contributed by atoms with van der Waals surface area (Å²) >= 11 is 0. The van der Waals surface area contributed by atoms with E-state index < -0.39 is 20.3 Å². The van der Waals surface area contributed by atoms with Gasteiger partial charge in [-0.05, 0) is 97.1 Å². The van der Waals surface area contributed by atoms with E-state index in [1.165, 1.54) is 24.3 Å². The summed E-state index contributed by atoms with van der Waals surface area (Å²) in [4.78, 5) is 9.00. The van der Waals surface area contributed by atoms with Crippen LogP contribution in [0.25, 0.3) is 0 Å². The number of carbonyl (C=O) groups is 1. The van der Waals surface area contributed by atoms with Gasteiger partial charge in [0.1, 0.15) is 23.0 Å². The van der Waals surface area contributed by atoms with Gasteiger partial charge in [0.15, 0.2) is 14.3 Å². The molecular weight excluding hydrogens is 750 g/mol. The largest absolute Gasteiger partial charge is 0.508 e. The molecule has 0 heterocycles. The molecule has 0 radical (unpaired) electrons. The standard InChI is InChI=1S/C20H19O3P.C18H15O3P.C2H4O2.BrH/c1-22-16-8-12-19(13-9-16)24(21,18-6-4-3-5-7-18)20-14-10-17(23-2)11-15-20;19-14-6-10-17(11-7-14)22(21,16-4-2-1-3-5-16)18-12-8-15(20)9-13-18;1-2(3)4;/h3-15H,1-2H3;1-13,19-20H;1H3,(H,3,4);1H. The van der Waals surface area contributed by atoms with Gasteiger partial charge in [-0.15, -0.1) is 17.0 Å². The second-order valence-corrected chi connectivity index (χ2v) is 16.4. The van der Waals surface area contributed by atoms with E-state index in [0.717, 1.165) is 34.3 Å². The second kappa shape index (κ2) is 18.8. The minimum atomic E-state index is -3.04. The first-order valence-electron chi connectivity index (χ1n) is 15.4. The van der Waals surface area contributed by atoms with E-state index >= 15 is 0 Å². The maximum Gasteiger partial charge on any atom is 0.300 e. The minimum absolute atomic E-state index is 0. The average Bonchev–Trinajstić information content (AvgIpc) is 3.15. The predicted molar refractivity (Wildman–Crippen MR) is 212 cm³/mol. The Bertz CT molecular complexity index is 1950. The van der Waals surface area contributed by atoms with Gasteiger partial charge in [-0.25, -0.2) is 0 Å². The van der Waals surface area contributed by atoms with Crippen molar-refractivity contribution in [3.8, 4) is 23.0 Å². The molecule has 0 aliphatic carbocycles. The van der Waals surface area contributed by atoms with Crippen molar-refractivity contribution in [2.75, 3.05) is 14.2 Å². The highest BCUT2D eigenvalue weighted by Gasteiger charge is 2.30. The third-order valence-electron chi connectivity index (χ3n) is 7.54. The lowest BCUT2D eigenvalue weighted by Crippen LogP contribution is -2.24. The van der Waals surface area contributed by atoms with Crippen LogP contribution >= 0.6 is 31.3 Å². The summed E-state index contributed by atoms with van der Waals surface area (Å²) in [6.07, 6.45) is 0. The predicted octanol–water partition coefficient (Wildman–Crippen LogP) is 6.75. The molecule has 6 aromatic rings. The Morgan fingerprint density at radius 3 is 0.902 bits per heavy atom. The van der Waals surface area contributed by atoms with Crippen LogP contribution in [-0.2, 0) is 13.9 Å². The molecule has 11 heteroatoms. The SMILES string of the molecule is Br.CC(=O)O.COc1ccc(P(=O)(c2ccccc2)c2ccc(OC)cc2)cc1.O=P(c1ccccc1)(c1ccc(O)cc1)c1ccc(O)cc1. The molecule has 51 heavy (non-hydrogen) atoms.